The molecule has 3 atom stereocenters. The van der Waals surface area contributed by atoms with Crippen molar-refractivity contribution in [2.75, 3.05) is 4.90 Å². The van der Waals surface area contributed by atoms with Gasteiger partial charge in [0.25, 0.3) is 0 Å². The number of hydrogen-bond acceptors (Lipinski definition) is 2. The SMILES string of the molecule is CC1C=CC=C2N(c3cccc(-c4ccc(-c5ccccc5)cc4)c3)c3ccccc3C3=C(c4ccc5c(c4)c4ccccc4n5-c4ccc5sc6ccccc6c5c4)C=CC(C)C231. The molecule has 13 rings (SSSR count). The molecule has 0 amide bonds. The Labute approximate surface area is 377 Å². The summed E-state index contributed by atoms with van der Waals surface area (Å²) >= 11 is 1.87. The Bertz CT molecular complexity index is 3640. The molecule has 2 nitrogen and oxygen atoms in total. The zero-order valence-corrected chi connectivity index (χ0v) is 36.6. The Balaban J connectivity index is 0.982. The monoisotopic (exact) mass is 836 g/mol. The van der Waals surface area contributed by atoms with Gasteiger partial charge in [-0.3, -0.25) is 0 Å². The topological polar surface area (TPSA) is 8.17 Å². The summed E-state index contributed by atoms with van der Waals surface area (Å²) in [4.78, 5) is 2.57. The normalized spacial score (nSPS) is 19.0. The number of benzene rings is 8. The fraction of sp³-hybridized carbons (Fsp3) is 0.0820. The third-order valence-electron chi connectivity index (χ3n) is 14.4. The van der Waals surface area contributed by atoms with Crippen LogP contribution >= 0.6 is 11.3 Å². The number of rotatable bonds is 5. The van der Waals surface area contributed by atoms with E-state index in [0.717, 1.165) is 0 Å². The van der Waals surface area contributed by atoms with Crippen molar-refractivity contribution in [2.45, 2.75) is 13.8 Å². The molecular weight excluding hydrogens is 793 g/mol. The summed E-state index contributed by atoms with van der Waals surface area (Å²) < 4.78 is 5.12. The highest BCUT2D eigenvalue weighted by atomic mass is 32.1. The minimum absolute atomic E-state index is 0.246. The number of allylic oxidation sites excluding steroid dienone is 7. The molecule has 8 aromatic carbocycles. The minimum Gasteiger partial charge on any atom is -0.313 e. The highest BCUT2D eigenvalue weighted by Gasteiger charge is 2.55. The van der Waals surface area contributed by atoms with Gasteiger partial charge in [-0.1, -0.05) is 166 Å². The molecule has 1 aliphatic heterocycles. The first kappa shape index (κ1) is 37.1. The summed E-state index contributed by atoms with van der Waals surface area (Å²) in [6, 6.07) is 69.8. The molecule has 0 bridgehead atoms. The summed E-state index contributed by atoms with van der Waals surface area (Å²) in [7, 11) is 0. The summed E-state index contributed by atoms with van der Waals surface area (Å²) in [6.07, 6.45) is 12.0. The Kier molecular flexibility index (Phi) is 8.29. The Morgan fingerprint density at radius 1 is 0.469 bits per heavy atom. The second-order valence-electron chi connectivity index (χ2n) is 17.7. The fourth-order valence-electron chi connectivity index (χ4n) is 11.5. The van der Waals surface area contributed by atoms with Gasteiger partial charge in [0.1, 0.15) is 0 Å². The number of para-hydroxylation sites is 2. The number of thiophene rings is 1. The predicted molar refractivity (Wildman–Crippen MR) is 274 cm³/mol. The summed E-state index contributed by atoms with van der Waals surface area (Å²) in [6.45, 7) is 4.86. The van der Waals surface area contributed by atoms with E-state index >= 15 is 0 Å². The lowest BCUT2D eigenvalue weighted by atomic mass is 9.53. The van der Waals surface area contributed by atoms with Crippen molar-refractivity contribution < 1.29 is 0 Å². The molecule has 0 radical (unpaired) electrons. The highest BCUT2D eigenvalue weighted by molar-refractivity contribution is 7.25. The van der Waals surface area contributed by atoms with E-state index in [1.165, 1.54) is 109 Å². The van der Waals surface area contributed by atoms with E-state index in [0.29, 0.717) is 0 Å². The van der Waals surface area contributed by atoms with Crippen LogP contribution in [0.4, 0.5) is 11.4 Å². The molecule has 3 unspecified atom stereocenters. The van der Waals surface area contributed by atoms with Gasteiger partial charge in [0.05, 0.1) is 16.7 Å². The summed E-state index contributed by atoms with van der Waals surface area (Å²) in [5.74, 6) is 0.492. The highest BCUT2D eigenvalue weighted by Crippen LogP contribution is 2.65. The largest absolute Gasteiger partial charge is 0.313 e. The van der Waals surface area contributed by atoms with Crippen LogP contribution in [0, 0.1) is 17.3 Å². The molecule has 0 saturated carbocycles. The van der Waals surface area contributed by atoms with Gasteiger partial charge in [-0.2, -0.15) is 0 Å². The van der Waals surface area contributed by atoms with E-state index in [1.807, 2.05) is 11.3 Å². The van der Waals surface area contributed by atoms with Crippen LogP contribution in [0.1, 0.15) is 25.0 Å². The molecule has 1 spiro atoms. The summed E-state index contributed by atoms with van der Waals surface area (Å²) in [5.41, 5.74) is 17.2. The summed E-state index contributed by atoms with van der Waals surface area (Å²) in [5, 5.41) is 5.17. The molecule has 0 saturated heterocycles. The maximum atomic E-state index is 2.57. The first-order valence-electron chi connectivity index (χ1n) is 22.5. The molecule has 304 valence electrons. The second kappa shape index (κ2) is 14.3. The van der Waals surface area contributed by atoms with Crippen LogP contribution in [0.5, 0.6) is 0 Å². The standard InChI is InChI=1S/C61H44N2S/c1-39-14-12-25-59-61(39)40(2)26-33-48(45-31-34-56-52(37-45)49-19-6-9-22-54(49)62(56)47-32-35-58-53(38-47)50-20-8-11-24-57(50)64-58)60(61)51-21-7-10-23-55(51)63(59)46-18-13-17-44(36-46)43-29-27-42(28-30-43)41-15-4-3-5-16-41/h3-40H,1-2H3. The number of hydrogen-bond donors (Lipinski definition) is 0. The van der Waals surface area contributed by atoms with Crippen molar-refractivity contribution in [3.05, 3.63) is 235 Å². The molecule has 3 heterocycles. The van der Waals surface area contributed by atoms with Gasteiger partial charge in [-0.05, 0) is 118 Å². The minimum atomic E-state index is -0.303. The molecule has 64 heavy (non-hydrogen) atoms. The Hall–Kier alpha value is -7.46. The average molecular weight is 837 g/mol. The van der Waals surface area contributed by atoms with E-state index < -0.39 is 0 Å². The van der Waals surface area contributed by atoms with Crippen molar-refractivity contribution in [3.8, 4) is 27.9 Å². The van der Waals surface area contributed by atoms with Crippen molar-refractivity contribution in [2.24, 2.45) is 17.3 Å². The smallest absolute Gasteiger partial charge is 0.0541 e. The van der Waals surface area contributed by atoms with Gasteiger partial charge < -0.3 is 9.47 Å². The van der Waals surface area contributed by atoms with Gasteiger partial charge >= 0.3 is 0 Å². The molecule has 0 fully saturated rings. The van der Waals surface area contributed by atoms with Gasteiger partial charge in [-0.15, -0.1) is 11.3 Å². The van der Waals surface area contributed by atoms with E-state index in [9.17, 15) is 0 Å². The Morgan fingerprint density at radius 2 is 1.14 bits per heavy atom. The molecular formula is C61H44N2S. The molecule has 2 aromatic heterocycles. The maximum absolute atomic E-state index is 2.57. The molecule has 3 aliphatic rings. The van der Waals surface area contributed by atoms with Crippen LogP contribution in [0.2, 0.25) is 0 Å². The van der Waals surface area contributed by atoms with Gasteiger partial charge in [0, 0.05) is 59.0 Å². The van der Waals surface area contributed by atoms with E-state index in [1.54, 1.807) is 0 Å². The fourth-order valence-corrected chi connectivity index (χ4v) is 12.6. The van der Waals surface area contributed by atoms with Gasteiger partial charge in [0.15, 0.2) is 0 Å². The zero-order chi connectivity index (χ0) is 42.5. The van der Waals surface area contributed by atoms with Crippen LogP contribution in [0.15, 0.2) is 224 Å². The van der Waals surface area contributed by atoms with Crippen molar-refractivity contribution in [1.82, 2.24) is 4.57 Å². The third kappa shape index (κ3) is 5.38. The number of nitrogens with zero attached hydrogens (tertiary/aromatic N) is 2. The zero-order valence-electron chi connectivity index (χ0n) is 35.7. The van der Waals surface area contributed by atoms with Gasteiger partial charge in [0.2, 0.25) is 0 Å². The number of aromatic nitrogens is 1. The van der Waals surface area contributed by atoms with Crippen LogP contribution in [-0.4, -0.2) is 4.57 Å². The van der Waals surface area contributed by atoms with E-state index in [2.05, 4.69) is 242 Å². The van der Waals surface area contributed by atoms with E-state index in [-0.39, 0.29) is 17.3 Å². The number of fused-ring (bicyclic) bond motifs is 8. The van der Waals surface area contributed by atoms with Crippen LogP contribution in [-0.2, 0) is 0 Å². The van der Waals surface area contributed by atoms with Crippen molar-refractivity contribution in [3.63, 3.8) is 0 Å². The van der Waals surface area contributed by atoms with Crippen LogP contribution < -0.4 is 4.90 Å². The Morgan fingerprint density at radius 3 is 2.02 bits per heavy atom. The van der Waals surface area contributed by atoms with E-state index in [4.69, 9.17) is 0 Å². The van der Waals surface area contributed by atoms with Crippen LogP contribution in [0.25, 0.3) is 81.1 Å². The lowest BCUT2D eigenvalue weighted by Gasteiger charge is -2.56. The second-order valence-corrected chi connectivity index (χ2v) is 18.8. The molecule has 2 aliphatic carbocycles. The molecule has 10 aromatic rings. The predicted octanol–water partition coefficient (Wildman–Crippen LogP) is 16.8. The lowest BCUT2D eigenvalue weighted by Crippen LogP contribution is -2.48. The lowest BCUT2D eigenvalue weighted by molar-refractivity contribution is 0.280. The van der Waals surface area contributed by atoms with Crippen LogP contribution in [0.3, 0.4) is 0 Å². The van der Waals surface area contributed by atoms with Crippen molar-refractivity contribution >= 4 is 75.8 Å². The van der Waals surface area contributed by atoms with Crippen molar-refractivity contribution in [1.29, 1.82) is 0 Å². The number of anilines is 2. The average Bonchev–Trinajstić information content (AvgIpc) is 3.89. The quantitative estimate of drug-likeness (QED) is 0.168. The first-order valence-corrected chi connectivity index (χ1v) is 23.3. The van der Waals surface area contributed by atoms with Gasteiger partial charge in [-0.25, -0.2) is 0 Å². The molecule has 0 N–H and O–H groups in total. The first-order chi connectivity index (χ1) is 31.6. The third-order valence-corrected chi connectivity index (χ3v) is 15.6. The maximum Gasteiger partial charge on any atom is 0.0541 e. The molecule has 3 heteroatoms.